The fourth-order valence-electron chi connectivity index (χ4n) is 0.207. The van der Waals surface area contributed by atoms with Gasteiger partial charge in [-0.05, 0) is 0 Å². The van der Waals surface area contributed by atoms with Gasteiger partial charge in [-0.15, -0.1) is 0 Å². The summed E-state index contributed by atoms with van der Waals surface area (Å²) < 4.78 is 27.8. The zero-order valence-corrected chi connectivity index (χ0v) is 8.26. The maximum Gasteiger partial charge on any atom is 1.00 e. The van der Waals surface area contributed by atoms with E-state index in [1.165, 1.54) is 0 Å². The number of isocyanates is 1. The molecule has 0 bridgehead atoms. The molecule has 0 saturated heterocycles. The smallest absolute Gasteiger partial charge is 1.00 e. The Balaban J connectivity index is -0.000000320. The molecule has 7 heteroatoms. The third kappa shape index (κ3) is 11.1. The van der Waals surface area contributed by atoms with Gasteiger partial charge in [0.1, 0.15) is 0 Å². The standard InChI is InChI=1S/C3H5NO4S.Na.H/c5-3-4-1-2-9(6,7)8;;/h1-2H2,(H,6,7,8);;/q;+1;-1. The molecular formula is C3H6NNaO4S. The van der Waals surface area contributed by atoms with E-state index in [-0.39, 0.29) is 37.5 Å². The predicted octanol–water partition coefficient (Wildman–Crippen LogP) is -3.67. The van der Waals surface area contributed by atoms with Crippen LogP contribution in [-0.4, -0.2) is 31.3 Å². The first-order chi connectivity index (χ1) is 4.06. The van der Waals surface area contributed by atoms with Gasteiger partial charge < -0.3 is 1.43 Å². The predicted molar refractivity (Wildman–Crippen MR) is 30.5 cm³/mol. The summed E-state index contributed by atoms with van der Waals surface area (Å²) >= 11 is 0. The van der Waals surface area contributed by atoms with E-state index in [1.54, 1.807) is 0 Å². The van der Waals surface area contributed by atoms with Crippen LogP contribution in [0.2, 0.25) is 0 Å². The van der Waals surface area contributed by atoms with Gasteiger partial charge in [-0.25, -0.2) is 9.79 Å². The number of aliphatic imine (C=N–C) groups is 1. The Labute approximate surface area is 82.1 Å². The van der Waals surface area contributed by atoms with Crippen molar-refractivity contribution in [2.75, 3.05) is 12.3 Å². The van der Waals surface area contributed by atoms with Crippen LogP contribution >= 0.6 is 0 Å². The van der Waals surface area contributed by atoms with Gasteiger partial charge in [0.2, 0.25) is 6.08 Å². The molecule has 10 heavy (non-hydrogen) atoms. The second-order valence-corrected chi connectivity index (χ2v) is 2.83. The average molecular weight is 175 g/mol. The summed E-state index contributed by atoms with van der Waals surface area (Å²) in [6.07, 6.45) is 1.14. The van der Waals surface area contributed by atoms with Crippen LogP contribution in [0.1, 0.15) is 1.43 Å². The molecule has 0 atom stereocenters. The topological polar surface area (TPSA) is 83.8 Å². The van der Waals surface area contributed by atoms with Crippen LogP contribution < -0.4 is 29.6 Å². The molecule has 0 aliphatic heterocycles. The zero-order chi connectivity index (χ0) is 7.33. The quantitative estimate of drug-likeness (QED) is 0.207. The summed E-state index contributed by atoms with van der Waals surface area (Å²) in [5.74, 6) is -0.526. The number of hydrogen-bond donors (Lipinski definition) is 1. The van der Waals surface area contributed by atoms with E-state index < -0.39 is 15.9 Å². The number of hydrogen-bond acceptors (Lipinski definition) is 4. The van der Waals surface area contributed by atoms with Crippen molar-refractivity contribution < 1.29 is 48.7 Å². The van der Waals surface area contributed by atoms with E-state index in [2.05, 4.69) is 4.99 Å². The van der Waals surface area contributed by atoms with Crippen LogP contribution in [0.5, 0.6) is 0 Å². The number of carbonyl (C=O) groups excluding carboxylic acids is 1. The Morgan fingerprint density at radius 2 is 2.10 bits per heavy atom. The van der Waals surface area contributed by atoms with Crippen molar-refractivity contribution in [1.29, 1.82) is 0 Å². The largest absolute Gasteiger partial charge is 1.00 e. The van der Waals surface area contributed by atoms with Crippen LogP contribution in [0.3, 0.4) is 0 Å². The van der Waals surface area contributed by atoms with Crippen molar-refractivity contribution in [3.8, 4) is 0 Å². The molecule has 0 saturated carbocycles. The van der Waals surface area contributed by atoms with Crippen LogP contribution in [0.25, 0.3) is 0 Å². The summed E-state index contributed by atoms with van der Waals surface area (Å²) in [7, 11) is -3.97. The SMILES string of the molecule is O=C=NCCS(=O)(=O)O.[H-].[Na+]. The van der Waals surface area contributed by atoms with Crippen molar-refractivity contribution in [2.45, 2.75) is 0 Å². The van der Waals surface area contributed by atoms with Gasteiger partial charge in [0.15, 0.2) is 0 Å². The van der Waals surface area contributed by atoms with Gasteiger partial charge in [0, 0.05) is 0 Å². The van der Waals surface area contributed by atoms with E-state index >= 15 is 0 Å². The van der Waals surface area contributed by atoms with Crippen LogP contribution in [-0.2, 0) is 14.9 Å². The minimum atomic E-state index is -3.97. The molecule has 0 heterocycles. The Kier molecular flexibility index (Phi) is 7.79. The minimum absolute atomic E-state index is 0. The fourth-order valence-corrected chi connectivity index (χ4v) is 0.529. The molecule has 0 aromatic carbocycles. The first-order valence-electron chi connectivity index (χ1n) is 2.05. The summed E-state index contributed by atoms with van der Waals surface area (Å²) in [6.45, 7) is -0.234. The molecule has 0 aliphatic carbocycles. The molecule has 0 spiro atoms. The molecule has 0 unspecified atom stereocenters. The molecule has 0 aromatic rings. The van der Waals surface area contributed by atoms with E-state index in [4.69, 9.17) is 4.55 Å². The Bertz CT molecular complexity index is 221. The molecule has 0 amide bonds. The maximum absolute atomic E-state index is 9.87. The number of nitrogens with zero attached hydrogens (tertiary/aromatic N) is 1. The summed E-state index contributed by atoms with van der Waals surface area (Å²) in [6, 6.07) is 0. The van der Waals surface area contributed by atoms with Gasteiger partial charge in [0.05, 0.1) is 12.3 Å². The Hall–Kier alpha value is 0.290. The van der Waals surface area contributed by atoms with E-state index in [9.17, 15) is 13.2 Å². The molecular weight excluding hydrogens is 169 g/mol. The van der Waals surface area contributed by atoms with Crippen LogP contribution in [0, 0.1) is 0 Å². The molecule has 0 aromatic heterocycles. The van der Waals surface area contributed by atoms with Gasteiger partial charge in [-0.1, -0.05) is 0 Å². The van der Waals surface area contributed by atoms with Crippen LogP contribution in [0.15, 0.2) is 4.99 Å². The Morgan fingerprint density at radius 1 is 1.60 bits per heavy atom. The van der Waals surface area contributed by atoms with Gasteiger partial charge >= 0.3 is 29.6 Å². The summed E-state index contributed by atoms with van der Waals surface area (Å²) in [5.41, 5.74) is 0. The van der Waals surface area contributed by atoms with Crippen molar-refractivity contribution in [3.63, 3.8) is 0 Å². The number of rotatable bonds is 3. The first-order valence-corrected chi connectivity index (χ1v) is 3.66. The zero-order valence-electron chi connectivity index (χ0n) is 6.44. The molecule has 1 N–H and O–H groups in total. The van der Waals surface area contributed by atoms with Crippen molar-refractivity contribution in [3.05, 3.63) is 0 Å². The molecule has 0 rings (SSSR count). The van der Waals surface area contributed by atoms with Crippen LogP contribution in [0.4, 0.5) is 0 Å². The third-order valence-corrected chi connectivity index (χ3v) is 1.22. The second kappa shape index (κ2) is 6.03. The van der Waals surface area contributed by atoms with Crippen molar-refractivity contribution >= 4 is 16.2 Å². The van der Waals surface area contributed by atoms with Crippen molar-refractivity contribution in [2.24, 2.45) is 4.99 Å². The normalized spacial score (nSPS) is 9.30. The summed E-state index contributed by atoms with van der Waals surface area (Å²) in [5, 5.41) is 0. The van der Waals surface area contributed by atoms with Crippen molar-refractivity contribution in [1.82, 2.24) is 0 Å². The van der Waals surface area contributed by atoms with E-state index in [1.807, 2.05) is 0 Å². The Morgan fingerprint density at radius 3 is 2.40 bits per heavy atom. The fraction of sp³-hybridized carbons (Fsp3) is 0.667. The van der Waals surface area contributed by atoms with Gasteiger partial charge in [0.25, 0.3) is 10.1 Å². The molecule has 54 valence electrons. The monoisotopic (exact) mass is 175 g/mol. The minimum Gasteiger partial charge on any atom is -1.00 e. The van der Waals surface area contributed by atoms with E-state index in [0.29, 0.717) is 0 Å². The van der Waals surface area contributed by atoms with Gasteiger partial charge in [-0.3, -0.25) is 4.55 Å². The maximum atomic E-state index is 9.87. The van der Waals surface area contributed by atoms with Gasteiger partial charge in [-0.2, -0.15) is 8.42 Å². The first kappa shape index (κ1) is 12.9. The molecule has 0 radical (unpaired) electrons. The molecule has 5 nitrogen and oxygen atoms in total. The second-order valence-electron chi connectivity index (χ2n) is 1.26. The molecule has 0 aliphatic rings. The average Bonchev–Trinajstić information content (AvgIpc) is 1.63. The summed E-state index contributed by atoms with van der Waals surface area (Å²) in [4.78, 5) is 12.2. The molecule has 0 fully saturated rings. The van der Waals surface area contributed by atoms with E-state index in [0.717, 1.165) is 6.08 Å². The third-order valence-electron chi connectivity index (χ3n) is 0.526.